The maximum atomic E-state index is 7.39. The molecule has 302 valence electrons. The van der Waals surface area contributed by atoms with Crippen molar-refractivity contribution >= 4 is 61.5 Å². The third kappa shape index (κ3) is 5.39. The van der Waals surface area contributed by atoms with Crippen LogP contribution in [0.4, 0.5) is 0 Å². The van der Waals surface area contributed by atoms with E-state index in [0.717, 1.165) is 84.0 Å². The Kier molecular flexibility index (Phi) is 7.75. The highest BCUT2D eigenvalue weighted by Crippen LogP contribution is 2.46. The minimum Gasteiger partial charge on any atom is -0.551 e. The summed E-state index contributed by atoms with van der Waals surface area (Å²) < 4.78 is 19.2. The second-order valence-electron chi connectivity index (χ2n) is 17.1. The molecule has 10 aromatic carbocycles. The van der Waals surface area contributed by atoms with Gasteiger partial charge in [-0.05, 0) is 100 Å². The topological polar surface area (TPSA) is 28.3 Å². The number of hydrogen-bond acceptors (Lipinski definition) is 2. The summed E-state index contributed by atoms with van der Waals surface area (Å²) in [6.07, 6.45) is 0. The van der Waals surface area contributed by atoms with E-state index in [1.165, 1.54) is 43.7 Å². The van der Waals surface area contributed by atoms with Crippen molar-refractivity contribution in [3.05, 3.63) is 224 Å². The summed E-state index contributed by atoms with van der Waals surface area (Å²) in [5.74, 6) is 2.45. The van der Waals surface area contributed by atoms with Crippen LogP contribution < -0.4 is 20.3 Å². The third-order valence-electron chi connectivity index (χ3n) is 13.6. The van der Waals surface area contributed by atoms with Gasteiger partial charge in [0.25, 0.3) is 0 Å². The largest absolute Gasteiger partial charge is 0.551 e. The monoisotopic (exact) mass is 828 g/mol. The number of aromatic nitrogens is 2. The Balaban J connectivity index is 0.978. The van der Waals surface area contributed by atoms with Gasteiger partial charge in [-0.25, -0.2) is 0 Å². The predicted octanol–water partition coefficient (Wildman–Crippen LogP) is 14.2. The van der Waals surface area contributed by atoms with E-state index in [1.807, 2.05) is 0 Å². The van der Waals surface area contributed by atoms with E-state index in [2.05, 4.69) is 234 Å². The molecule has 5 heteroatoms. The number of rotatable bonds is 5. The summed E-state index contributed by atoms with van der Waals surface area (Å²) in [5, 5.41) is 4.93. The molecule has 0 spiro atoms. The fourth-order valence-corrected chi connectivity index (χ4v) is 10.8. The van der Waals surface area contributed by atoms with Gasteiger partial charge in [0.05, 0.1) is 27.8 Å². The minimum absolute atomic E-state index is 0.412. The molecular formula is C60H37BN2O2. The Hall–Kier alpha value is -8.54. The maximum Gasteiger partial charge on any atom is 0.434 e. The lowest BCUT2D eigenvalue weighted by Crippen LogP contribution is -2.53. The summed E-state index contributed by atoms with van der Waals surface area (Å²) in [7, 11) is 0. The number of benzene rings is 10. The zero-order chi connectivity index (χ0) is 42.6. The first-order valence-electron chi connectivity index (χ1n) is 22.3. The molecule has 0 atom stereocenters. The maximum absolute atomic E-state index is 7.39. The van der Waals surface area contributed by atoms with E-state index >= 15 is 0 Å². The Morgan fingerprint density at radius 1 is 0.323 bits per heavy atom. The van der Waals surface area contributed by atoms with Crippen LogP contribution in [-0.4, -0.2) is 16.0 Å². The van der Waals surface area contributed by atoms with Crippen molar-refractivity contribution in [2.45, 2.75) is 0 Å². The van der Waals surface area contributed by atoms with Gasteiger partial charge in [-0.2, -0.15) is 0 Å². The average molecular weight is 829 g/mol. The van der Waals surface area contributed by atoms with Crippen LogP contribution in [0.2, 0.25) is 0 Å². The van der Waals surface area contributed by atoms with Gasteiger partial charge in [0.15, 0.2) is 0 Å². The van der Waals surface area contributed by atoms with Crippen molar-refractivity contribution in [3.8, 4) is 73.1 Å². The third-order valence-corrected chi connectivity index (χ3v) is 13.6. The number of nitrogens with zero attached hydrogens (tertiary/aromatic N) is 2. The van der Waals surface area contributed by atoms with Crippen LogP contribution in [0.15, 0.2) is 224 Å². The van der Waals surface area contributed by atoms with Crippen molar-refractivity contribution in [1.29, 1.82) is 0 Å². The molecule has 12 aromatic rings. The first-order chi connectivity index (χ1) is 32.2. The molecule has 0 fully saturated rings. The number of hydrogen-bond donors (Lipinski definition) is 0. The zero-order valence-corrected chi connectivity index (χ0v) is 35.2. The smallest absolute Gasteiger partial charge is 0.434 e. The fourth-order valence-electron chi connectivity index (χ4n) is 10.8. The van der Waals surface area contributed by atoms with Crippen molar-refractivity contribution < 1.29 is 9.39 Å². The van der Waals surface area contributed by atoms with Crippen LogP contribution in [0, 0.1) is 0 Å². The SMILES string of the molecule is c1ccc(-c2ccccc2-c2cc3c4c(c2)-c2ccc(-c5ccccc5-n5c6ccccc6c6ccccc65)cc2OB4c2cc(-n4c5ccccc5c5ccccc54)ccc2O3)cc1. The van der Waals surface area contributed by atoms with Crippen molar-refractivity contribution in [3.63, 3.8) is 0 Å². The van der Waals surface area contributed by atoms with Gasteiger partial charge in [-0.3, -0.25) is 0 Å². The highest BCUT2D eigenvalue weighted by atomic mass is 16.5. The molecule has 0 saturated carbocycles. The van der Waals surface area contributed by atoms with Gasteiger partial charge in [-0.1, -0.05) is 158 Å². The number of fused-ring (bicyclic) bond motifs is 10. The quantitative estimate of drug-likeness (QED) is 0.162. The molecule has 14 rings (SSSR count). The summed E-state index contributed by atoms with van der Waals surface area (Å²) in [6, 6.07) is 80.7. The molecule has 4 nitrogen and oxygen atoms in total. The molecule has 2 aromatic heterocycles. The van der Waals surface area contributed by atoms with Crippen LogP contribution in [0.5, 0.6) is 17.2 Å². The summed E-state index contributed by atoms with van der Waals surface area (Å²) >= 11 is 0. The summed E-state index contributed by atoms with van der Waals surface area (Å²) in [4.78, 5) is 0. The molecule has 2 aliphatic rings. The molecule has 0 amide bonds. The first kappa shape index (κ1) is 36.0. The minimum atomic E-state index is -0.412. The highest BCUT2D eigenvalue weighted by Gasteiger charge is 2.42. The molecule has 0 bridgehead atoms. The predicted molar refractivity (Wildman–Crippen MR) is 269 cm³/mol. The second kappa shape index (κ2) is 14.0. The van der Waals surface area contributed by atoms with Crippen LogP contribution in [0.1, 0.15) is 0 Å². The van der Waals surface area contributed by atoms with Crippen molar-refractivity contribution in [1.82, 2.24) is 9.13 Å². The highest BCUT2D eigenvalue weighted by molar-refractivity contribution is 6.84. The first-order valence-corrected chi connectivity index (χ1v) is 22.3. The van der Waals surface area contributed by atoms with E-state index in [-0.39, 0.29) is 0 Å². The van der Waals surface area contributed by atoms with Crippen molar-refractivity contribution in [2.75, 3.05) is 0 Å². The number of ether oxygens (including phenoxy) is 1. The van der Waals surface area contributed by atoms with E-state index in [9.17, 15) is 0 Å². The Bertz CT molecular complexity index is 3810. The Morgan fingerprint density at radius 2 is 0.862 bits per heavy atom. The summed E-state index contributed by atoms with van der Waals surface area (Å²) in [5.41, 5.74) is 17.9. The molecule has 0 radical (unpaired) electrons. The van der Waals surface area contributed by atoms with E-state index < -0.39 is 6.92 Å². The average Bonchev–Trinajstić information content (AvgIpc) is 3.89. The van der Waals surface area contributed by atoms with Gasteiger partial charge in [-0.15, -0.1) is 0 Å². The van der Waals surface area contributed by atoms with E-state index in [0.29, 0.717) is 0 Å². The van der Waals surface area contributed by atoms with Crippen LogP contribution >= 0.6 is 0 Å². The van der Waals surface area contributed by atoms with E-state index in [1.54, 1.807) is 0 Å². The molecule has 2 aliphatic heterocycles. The standard InChI is InChI=1S/C60H37BN2O2/c1-2-16-38(17-3-1)42-18-4-5-19-43(42)40-34-50-49-32-30-39(44-20-6-11-25-52(44)63-55-28-14-9-23-47(55)48-24-10-15-29-56(48)63)35-58(49)65-61-51-37-41(31-33-57(51)64-59(36-40)60(50)61)62-53-26-12-7-21-45(53)46-22-8-13-27-54(46)62/h1-37H. The molecule has 0 aliphatic carbocycles. The Morgan fingerprint density at radius 3 is 1.52 bits per heavy atom. The molecular weight excluding hydrogens is 791 g/mol. The van der Waals surface area contributed by atoms with Gasteiger partial charge < -0.3 is 18.5 Å². The normalized spacial score (nSPS) is 12.5. The molecule has 65 heavy (non-hydrogen) atoms. The van der Waals surface area contributed by atoms with Gasteiger partial charge >= 0.3 is 6.92 Å². The van der Waals surface area contributed by atoms with Gasteiger partial charge in [0, 0.05) is 49.3 Å². The summed E-state index contributed by atoms with van der Waals surface area (Å²) in [6.45, 7) is -0.412. The molecule has 4 heterocycles. The van der Waals surface area contributed by atoms with Crippen molar-refractivity contribution in [2.24, 2.45) is 0 Å². The molecule has 0 saturated heterocycles. The fraction of sp³-hybridized carbons (Fsp3) is 0. The second-order valence-corrected chi connectivity index (χ2v) is 17.1. The lowest BCUT2D eigenvalue weighted by molar-refractivity contribution is 0.479. The molecule has 0 N–H and O–H groups in total. The van der Waals surface area contributed by atoms with Crippen LogP contribution in [0.25, 0.3) is 99.5 Å². The number of para-hydroxylation sites is 5. The van der Waals surface area contributed by atoms with Gasteiger partial charge in [0.2, 0.25) is 0 Å². The lowest BCUT2D eigenvalue weighted by Gasteiger charge is -2.34. The Labute approximate surface area is 375 Å². The van der Waals surface area contributed by atoms with Gasteiger partial charge in [0.1, 0.15) is 17.2 Å². The lowest BCUT2D eigenvalue weighted by atomic mass is 9.50. The molecule has 0 unspecified atom stereocenters. The zero-order valence-electron chi connectivity index (χ0n) is 35.2. The van der Waals surface area contributed by atoms with E-state index in [4.69, 9.17) is 9.39 Å². The van der Waals surface area contributed by atoms with Crippen LogP contribution in [0.3, 0.4) is 0 Å². The van der Waals surface area contributed by atoms with Crippen LogP contribution in [-0.2, 0) is 0 Å².